The number of ether oxygens (including phenoxy) is 1. The van der Waals surface area contributed by atoms with Crippen molar-refractivity contribution in [3.8, 4) is 0 Å². The molecule has 0 saturated heterocycles. The molecule has 2 N–H and O–H groups in total. The third-order valence-corrected chi connectivity index (χ3v) is 3.02. The molecule has 2 aromatic heterocycles. The second-order valence-electron chi connectivity index (χ2n) is 4.31. The van der Waals surface area contributed by atoms with Crippen molar-refractivity contribution in [2.45, 2.75) is 26.3 Å². The lowest BCUT2D eigenvalue weighted by Crippen LogP contribution is -2.03. The Morgan fingerprint density at radius 2 is 2.33 bits per heavy atom. The van der Waals surface area contributed by atoms with Crippen LogP contribution in [0, 0.1) is 0 Å². The van der Waals surface area contributed by atoms with Gasteiger partial charge >= 0.3 is 0 Å². The molecule has 0 unspecified atom stereocenters. The van der Waals surface area contributed by atoms with Gasteiger partial charge in [0.05, 0.1) is 0 Å². The van der Waals surface area contributed by atoms with E-state index in [0.29, 0.717) is 6.54 Å². The maximum Gasteiger partial charge on any atom is 0.140 e. The molecule has 0 aliphatic rings. The first-order valence-electron chi connectivity index (χ1n) is 6.57. The van der Waals surface area contributed by atoms with Gasteiger partial charge in [-0.2, -0.15) is 0 Å². The number of nitrogens with zero attached hydrogens (tertiary/aromatic N) is 2. The van der Waals surface area contributed by atoms with Crippen LogP contribution in [0.15, 0.2) is 24.5 Å². The fourth-order valence-electron chi connectivity index (χ4n) is 2.20. The number of hydrogen-bond donors (Lipinski definition) is 1. The molecular weight excluding hydrogens is 226 g/mol. The second kappa shape index (κ2) is 6.52. The number of rotatable bonds is 7. The minimum Gasteiger partial charge on any atom is -0.382 e. The molecule has 4 heteroatoms. The maximum absolute atomic E-state index is 5.65. The normalized spacial score (nSPS) is 11.2. The molecule has 0 aliphatic carbocycles. The van der Waals surface area contributed by atoms with Crippen molar-refractivity contribution in [2.24, 2.45) is 5.73 Å². The topological polar surface area (TPSA) is 53.1 Å². The van der Waals surface area contributed by atoms with E-state index in [1.807, 2.05) is 19.2 Å². The van der Waals surface area contributed by atoms with Crippen molar-refractivity contribution in [1.29, 1.82) is 0 Å². The van der Waals surface area contributed by atoms with Gasteiger partial charge in [0.2, 0.25) is 0 Å². The smallest absolute Gasteiger partial charge is 0.140 e. The molecule has 0 radical (unpaired) electrons. The first-order chi connectivity index (χ1) is 8.86. The van der Waals surface area contributed by atoms with E-state index in [9.17, 15) is 0 Å². The average molecular weight is 247 g/mol. The standard InChI is InChI=1S/C14H21N3O/c1-2-18-10-4-9-17-11-12(6-7-15)13-5-3-8-16-14(13)17/h3,5,8,11H,2,4,6-7,9-10,15H2,1H3. The molecule has 4 nitrogen and oxygen atoms in total. The van der Waals surface area contributed by atoms with Crippen molar-refractivity contribution in [3.05, 3.63) is 30.1 Å². The molecule has 0 fully saturated rings. The number of hydrogen-bond acceptors (Lipinski definition) is 3. The fourth-order valence-corrected chi connectivity index (χ4v) is 2.20. The molecule has 0 atom stereocenters. The average Bonchev–Trinajstić information content (AvgIpc) is 2.74. The molecule has 0 aliphatic heterocycles. The summed E-state index contributed by atoms with van der Waals surface area (Å²) in [7, 11) is 0. The molecular formula is C14H21N3O. The van der Waals surface area contributed by atoms with Crippen LogP contribution in [0.3, 0.4) is 0 Å². The lowest BCUT2D eigenvalue weighted by atomic mass is 10.2. The van der Waals surface area contributed by atoms with Crippen molar-refractivity contribution < 1.29 is 4.74 Å². The van der Waals surface area contributed by atoms with Crippen LogP contribution in [0.4, 0.5) is 0 Å². The number of pyridine rings is 1. The predicted octanol–water partition coefficient (Wildman–Crippen LogP) is 1.96. The van der Waals surface area contributed by atoms with E-state index in [0.717, 1.165) is 38.2 Å². The summed E-state index contributed by atoms with van der Waals surface area (Å²) in [6.07, 6.45) is 5.93. The predicted molar refractivity (Wildman–Crippen MR) is 73.6 cm³/mol. The van der Waals surface area contributed by atoms with Crippen LogP contribution >= 0.6 is 0 Å². The number of aryl methyl sites for hydroxylation is 1. The molecule has 98 valence electrons. The SMILES string of the molecule is CCOCCCn1cc(CCN)c2cccnc21. The van der Waals surface area contributed by atoms with Gasteiger partial charge in [-0.05, 0) is 44.0 Å². The highest BCUT2D eigenvalue weighted by atomic mass is 16.5. The van der Waals surface area contributed by atoms with Crippen molar-refractivity contribution in [1.82, 2.24) is 9.55 Å². The Kier molecular flexibility index (Phi) is 4.73. The van der Waals surface area contributed by atoms with E-state index in [1.54, 1.807) is 0 Å². The van der Waals surface area contributed by atoms with Crippen molar-refractivity contribution in [2.75, 3.05) is 19.8 Å². The van der Waals surface area contributed by atoms with Gasteiger partial charge in [0.1, 0.15) is 5.65 Å². The zero-order valence-electron chi connectivity index (χ0n) is 10.9. The van der Waals surface area contributed by atoms with Crippen LogP contribution in [0.2, 0.25) is 0 Å². The highest BCUT2D eigenvalue weighted by molar-refractivity contribution is 5.80. The molecule has 2 rings (SSSR count). The summed E-state index contributed by atoms with van der Waals surface area (Å²) in [5.74, 6) is 0. The van der Waals surface area contributed by atoms with Crippen molar-refractivity contribution >= 4 is 11.0 Å². The van der Waals surface area contributed by atoms with Gasteiger partial charge in [-0.1, -0.05) is 0 Å². The van der Waals surface area contributed by atoms with E-state index in [-0.39, 0.29) is 0 Å². The van der Waals surface area contributed by atoms with E-state index in [4.69, 9.17) is 10.5 Å². The molecule has 2 heterocycles. The van der Waals surface area contributed by atoms with Gasteiger partial charge < -0.3 is 15.0 Å². The number of nitrogens with two attached hydrogens (primary N) is 1. The molecule has 18 heavy (non-hydrogen) atoms. The van der Waals surface area contributed by atoms with Gasteiger partial charge in [0.25, 0.3) is 0 Å². The summed E-state index contributed by atoms with van der Waals surface area (Å²) >= 11 is 0. The summed E-state index contributed by atoms with van der Waals surface area (Å²) in [6.45, 7) is 5.22. The fraction of sp³-hybridized carbons (Fsp3) is 0.500. The van der Waals surface area contributed by atoms with Gasteiger partial charge in [0, 0.05) is 37.5 Å². The van der Waals surface area contributed by atoms with E-state index < -0.39 is 0 Å². The summed E-state index contributed by atoms with van der Waals surface area (Å²) in [5.41, 5.74) is 7.99. The van der Waals surface area contributed by atoms with Crippen LogP contribution in [0.1, 0.15) is 18.9 Å². The summed E-state index contributed by atoms with van der Waals surface area (Å²) in [5, 5.41) is 1.22. The Hall–Kier alpha value is -1.39. The van der Waals surface area contributed by atoms with Crippen molar-refractivity contribution in [3.63, 3.8) is 0 Å². The van der Waals surface area contributed by atoms with E-state index >= 15 is 0 Å². The van der Waals surface area contributed by atoms with E-state index in [2.05, 4.69) is 21.8 Å². The second-order valence-corrected chi connectivity index (χ2v) is 4.31. The molecule has 0 saturated carbocycles. The van der Waals surface area contributed by atoms with Gasteiger partial charge in [-0.3, -0.25) is 0 Å². The third kappa shape index (κ3) is 2.89. The molecule has 0 bridgehead atoms. The maximum atomic E-state index is 5.65. The highest BCUT2D eigenvalue weighted by Gasteiger charge is 2.08. The molecule has 0 amide bonds. The first kappa shape index (κ1) is 13.1. The van der Waals surface area contributed by atoms with Gasteiger partial charge in [-0.25, -0.2) is 4.98 Å². The minimum atomic E-state index is 0.674. The Bertz CT molecular complexity index is 493. The Morgan fingerprint density at radius 3 is 3.11 bits per heavy atom. The van der Waals surface area contributed by atoms with Crippen LogP contribution < -0.4 is 5.73 Å². The monoisotopic (exact) mass is 247 g/mol. The Labute approximate surface area is 108 Å². The Balaban J connectivity index is 2.16. The lowest BCUT2D eigenvalue weighted by Gasteiger charge is -2.04. The summed E-state index contributed by atoms with van der Waals surface area (Å²) in [4.78, 5) is 4.46. The quantitative estimate of drug-likeness (QED) is 0.761. The molecule has 2 aromatic rings. The van der Waals surface area contributed by atoms with Crippen LogP contribution in [0.5, 0.6) is 0 Å². The minimum absolute atomic E-state index is 0.674. The largest absolute Gasteiger partial charge is 0.382 e. The van der Waals surface area contributed by atoms with Gasteiger partial charge in [0.15, 0.2) is 0 Å². The van der Waals surface area contributed by atoms with Gasteiger partial charge in [-0.15, -0.1) is 0 Å². The molecule has 0 aromatic carbocycles. The zero-order valence-corrected chi connectivity index (χ0v) is 10.9. The highest BCUT2D eigenvalue weighted by Crippen LogP contribution is 2.19. The number of aromatic nitrogens is 2. The summed E-state index contributed by atoms with van der Waals surface area (Å²) in [6, 6.07) is 4.10. The number of fused-ring (bicyclic) bond motifs is 1. The Morgan fingerprint density at radius 1 is 1.44 bits per heavy atom. The van der Waals surface area contributed by atoms with Crippen LogP contribution in [-0.2, 0) is 17.7 Å². The molecule has 0 spiro atoms. The lowest BCUT2D eigenvalue weighted by molar-refractivity contribution is 0.142. The van der Waals surface area contributed by atoms with Crippen LogP contribution in [0.25, 0.3) is 11.0 Å². The summed E-state index contributed by atoms with van der Waals surface area (Å²) < 4.78 is 7.58. The van der Waals surface area contributed by atoms with E-state index in [1.165, 1.54) is 10.9 Å². The van der Waals surface area contributed by atoms with Crippen LogP contribution in [-0.4, -0.2) is 29.3 Å². The third-order valence-electron chi connectivity index (χ3n) is 3.02. The zero-order chi connectivity index (χ0) is 12.8. The first-order valence-corrected chi connectivity index (χ1v) is 6.57.